The number of likely N-dealkylation sites (N-methyl/N-ethyl adjacent to an activating group) is 1. The van der Waals surface area contributed by atoms with Crippen LogP contribution >= 0.6 is 0 Å². The van der Waals surface area contributed by atoms with Gasteiger partial charge < -0.3 is 4.90 Å². The zero-order chi connectivity index (χ0) is 16.2. The second-order valence-corrected chi connectivity index (χ2v) is 7.45. The number of piperazine rings is 1. The first kappa shape index (κ1) is 16.9. The molecule has 1 N–H and O–H groups in total. The zero-order valence-electron chi connectivity index (χ0n) is 15.1. The van der Waals surface area contributed by atoms with Crippen molar-refractivity contribution in [2.45, 2.75) is 52.1 Å². The van der Waals surface area contributed by atoms with Crippen LogP contribution in [0.5, 0.6) is 0 Å². The third-order valence-electron chi connectivity index (χ3n) is 5.56. The van der Waals surface area contributed by atoms with E-state index in [4.69, 9.17) is 0 Å². The molecule has 2 saturated heterocycles. The fourth-order valence-electron chi connectivity index (χ4n) is 3.88. The van der Waals surface area contributed by atoms with E-state index < -0.39 is 0 Å². The molecular formula is C18H33N5. The van der Waals surface area contributed by atoms with Crippen molar-refractivity contribution in [1.29, 1.82) is 0 Å². The summed E-state index contributed by atoms with van der Waals surface area (Å²) in [4.78, 5) is 7.88. The Kier molecular flexibility index (Phi) is 5.72. The maximum Gasteiger partial charge on any atom is 0.0650 e. The average molecular weight is 319 g/mol. The molecule has 0 bridgehead atoms. The summed E-state index contributed by atoms with van der Waals surface area (Å²) in [5.41, 5.74) is 2.45. The van der Waals surface area contributed by atoms with Gasteiger partial charge in [-0.15, -0.1) is 0 Å². The van der Waals surface area contributed by atoms with Gasteiger partial charge in [0, 0.05) is 57.5 Å². The minimum atomic E-state index is 0.507. The molecule has 0 amide bonds. The molecule has 1 aromatic heterocycles. The van der Waals surface area contributed by atoms with Crippen molar-refractivity contribution < 1.29 is 0 Å². The number of H-pyrrole nitrogens is 1. The number of piperidine rings is 1. The minimum absolute atomic E-state index is 0.507. The van der Waals surface area contributed by atoms with Crippen LogP contribution in [0, 0.1) is 0 Å². The molecule has 0 radical (unpaired) electrons. The summed E-state index contributed by atoms with van der Waals surface area (Å²) in [6.45, 7) is 16.4. The third-order valence-corrected chi connectivity index (χ3v) is 5.56. The van der Waals surface area contributed by atoms with E-state index in [-0.39, 0.29) is 0 Å². The summed E-state index contributed by atoms with van der Waals surface area (Å²) in [5.74, 6) is 0.507. The van der Waals surface area contributed by atoms with E-state index >= 15 is 0 Å². The van der Waals surface area contributed by atoms with Gasteiger partial charge in [-0.1, -0.05) is 20.8 Å². The monoisotopic (exact) mass is 319 g/mol. The highest BCUT2D eigenvalue weighted by atomic mass is 15.3. The Hall–Kier alpha value is -0.910. The van der Waals surface area contributed by atoms with Gasteiger partial charge >= 0.3 is 0 Å². The SMILES string of the molecule is CCN1CCN(C2CCN(Cc3cc(C(C)C)n[nH]3)CC2)CC1. The van der Waals surface area contributed by atoms with Crippen molar-refractivity contribution >= 4 is 0 Å². The van der Waals surface area contributed by atoms with Gasteiger partial charge in [-0.2, -0.15) is 5.10 Å². The molecule has 0 unspecified atom stereocenters. The van der Waals surface area contributed by atoms with Gasteiger partial charge in [0.05, 0.1) is 5.69 Å². The van der Waals surface area contributed by atoms with Gasteiger partial charge in [0.1, 0.15) is 0 Å². The first-order valence-electron chi connectivity index (χ1n) is 9.38. The lowest BCUT2D eigenvalue weighted by molar-refractivity contribution is 0.0591. The van der Waals surface area contributed by atoms with E-state index in [1.54, 1.807) is 0 Å². The van der Waals surface area contributed by atoms with Crippen LogP contribution < -0.4 is 0 Å². The Morgan fingerprint density at radius 1 is 1.09 bits per heavy atom. The summed E-state index contributed by atoms with van der Waals surface area (Å²) in [6.07, 6.45) is 2.63. The topological polar surface area (TPSA) is 38.4 Å². The highest BCUT2D eigenvalue weighted by Crippen LogP contribution is 2.20. The van der Waals surface area contributed by atoms with Crippen LogP contribution in [0.25, 0.3) is 0 Å². The standard InChI is InChI=1S/C18H33N5/c1-4-21-9-11-23(12-10-21)17-5-7-22(8-6-17)14-16-13-18(15(2)3)20-19-16/h13,15,17H,4-12,14H2,1-3H3,(H,19,20). The van der Waals surface area contributed by atoms with E-state index in [0.29, 0.717) is 5.92 Å². The molecule has 0 aromatic carbocycles. The summed E-state index contributed by atoms with van der Waals surface area (Å²) in [5, 5.41) is 7.63. The number of hydrogen-bond donors (Lipinski definition) is 1. The Balaban J connectivity index is 1.43. The van der Waals surface area contributed by atoms with Gasteiger partial charge in [0.25, 0.3) is 0 Å². The first-order chi connectivity index (χ1) is 11.2. The van der Waals surface area contributed by atoms with Crippen molar-refractivity contribution in [2.24, 2.45) is 0 Å². The van der Waals surface area contributed by atoms with Crippen LogP contribution in [-0.2, 0) is 6.54 Å². The fourth-order valence-corrected chi connectivity index (χ4v) is 3.88. The molecule has 2 aliphatic heterocycles. The molecule has 1 aromatic rings. The number of likely N-dealkylation sites (tertiary alicyclic amines) is 1. The number of nitrogens with one attached hydrogen (secondary N) is 1. The van der Waals surface area contributed by atoms with E-state index in [2.05, 4.69) is 51.7 Å². The molecule has 5 heteroatoms. The molecule has 2 aliphatic rings. The molecule has 130 valence electrons. The van der Waals surface area contributed by atoms with E-state index in [9.17, 15) is 0 Å². The van der Waals surface area contributed by atoms with Crippen LogP contribution in [0.2, 0.25) is 0 Å². The average Bonchev–Trinajstić information content (AvgIpc) is 3.04. The molecular weight excluding hydrogens is 286 g/mol. The quantitative estimate of drug-likeness (QED) is 0.902. The van der Waals surface area contributed by atoms with Gasteiger partial charge in [0.2, 0.25) is 0 Å². The summed E-state index contributed by atoms with van der Waals surface area (Å²) < 4.78 is 0. The molecule has 0 saturated carbocycles. The lowest BCUT2D eigenvalue weighted by Gasteiger charge is -2.42. The number of nitrogens with zero attached hydrogens (tertiary/aromatic N) is 4. The minimum Gasteiger partial charge on any atom is -0.301 e. The van der Waals surface area contributed by atoms with Crippen molar-refractivity contribution in [3.05, 3.63) is 17.5 Å². The van der Waals surface area contributed by atoms with Gasteiger partial charge in [-0.3, -0.25) is 14.9 Å². The Bertz CT molecular complexity index is 468. The normalized spacial score (nSPS) is 23.0. The second kappa shape index (κ2) is 7.77. The van der Waals surface area contributed by atoms with E-state index in [1.807, 2.05) is 0 Å². The fraction of sp³-hybridized carbons (Fsp3) is 0.833. The van der Waals surface area contributed by atoms with E-state index in [1.165, 1.54) is 70.0 Å². The Morgan fingerprint density at radius 2 is 1.78 bits per heavy atom. The maximum atomic E-state index is 4.42. The molecule has 23 heavy (non-hydrogen) atoms. The van der Waals surface area contributed by atoms with Gasteiger partial charge in [0.15, 0.2) is 0 Å². The number of rotatable bonds is 5. The Morgan fingerprint density at radius 3 is 2.35 bits per heavy atom. The number of aromatic nitrogens is 2. The lowest BCUT2D eigenvalue weighted by Crippen LogP contribution is -2.53. The van der Waals surface area contributed by atoms with Gasteiger partial charge in [-0.25, -0.2) is 0 Å². The number of hydrogen-bond acceptors (Lipinski definition) is 4. The smallest absolute Gasteiger partial charge is 0.0650 e. The highest BCUT2D eigenvalue weighted by molar-refractivity contribution is 5.11. The van der Waals surface area contributed by atoms with Gasteiger partial charge in [-0.05, 0) is 31.4 Å². The number of aromatic amines is 1. The summed E-state index contributed by atoms with van der Waals surface area (Å²) in [6, 6.07) is 3.04. The molecule has 0 atom stereocenters. The molecule has 0 spiro atoms. The van der Waals surface area contributed by atoms with Crippen molar-refractivity contribution in [1.82, 2.24) is 24.9 Å². The Labute approximate surface area is 141 Å². The van der Waals surface area contributed by atoms with Crippen LogP contribution in [0.3, 0.4) is 0 Å². The predicted octanol–water partition coefficient (Wildman–Crippen LogP) is 2.13. The molecule has 2 fully saturated rings. The van der Waals surface area contributed by atoms with Crippen LogP contribution in [-0.4, -0.2) is 76.8 Å². The molecule has 5 nitrogen and oxygen atoms in total. The van der Waals surface area contributed by atoms with Crippen LogP contribution in [0.1, 0.15) is 50.9 Å². The van der Waals surface area contributed by atoms with E-state index in [0.717, 1.165) is 12.6 Å². The zero-order valence-corrected chi connectivity index (χ0v) is 15.1. The van der Waals surface area contributed by atoms with Crippen molar-refractivity contribution in [3.8, 4) is 0 Å². The van der Waals surface area contributed by atoms with Crippen molar-refractivity contribution in [3.63, 3.8) is 0 Å². The summed E-state index contributed by atoms with van der Waals surface area (Å²) >= 11 is 0. The molecule has 3 rings (SSSR count). The highest BCUT2D eigenvalue weighted by Gasteiger charge is 2.27. The summed E-state index contributed by atoms with van der Waals surface area (Å²) in [7, 11) is 0. The largest absolute Gasteiger partial charge is 0.301 e. The maximum absolute atomic E-state index is 4.42. The first-order valence-corrected chi connectivity index (χ1v) is 9.38. The van der Waals surface area contributed by atoms with Crippen LogP contribution in [0.15, 0.2) is 6.07 Å². The predicted molar refractivity (Wildman–Crippen MR) is 94.7 cm³/mol. The molecule has 0 aliphatic carbocycles. The molecule has 3 heterocycles. The third kappa shape index (κ3) is 4.34. The lowest BCUT2D eigenvalue weighted by atomic mass is 10.0. The van der Waals surface area contributed by atoms with Crippen molar-refractivity contribution in [2.75, 3.05) is 45.8 Å². The van der Waals surface area contributed by atoms with Crippen LogP contribution in [0.4, 0.5) is 0 Å². The second-order valence-electron chi connectivity index (χ2n) is 7.45.